The summed E-state index contributed by atoms with van der Waals surface area (Å²) in [5, 5.41) is 4.03. The Bertz CT molecular complexity index is 739. The second-order valence-electron chi connectivity index (χ2n) is 6.35. The lowest BCUT2D eigenvalue weighted by Gasteiger charge is -2.17. The molecule has 0 fully saturated rings. The molecule has 1 amide bonds. The monoisotopic (exact) mass is 406 g/mol. The van der Waals surface area contributed by atoms with Gasteiger partial charge in [-0.1, -0.05) is 55.8 Å². The lowest BCUT2D eigenvalue weighted by Crippen LogP contribution is -2.24. The largest absolute Gasteiger partial charge is 0.360 e. The fourth-order valence-electron chi connectivity index (χ4n) is 2.48. The molecule has 1 aromatic heterocycles. The first-order chi connectivity index (χ1) is 13.0. The van der Waals surface area contributed by atoms with Crippen molar-refractivity contribution in [1.82, 2.24) is 15.3 Å². The molecule has 7 heteroatoms. The van der Waals surface area contributed by atoms with E-state index in [0.29, 0.717) is 22.4 Å². The van der Waals surface area contributed by atoms with Gasteiger partial charge in [0.1, 0.15) is 11.0 Å². The van der Waals surface area contributed by atoms with Gasteiger partial charge in [0, 0.05) is 37.5 Å². The van der Waals surface area contributed by atoms with Crippen molar-refractivity contribution >= 4 is 35.1 Å². The molecule has 0 aliphatic carbocycles. The van der Waals surface area contributed by atoms with E-state index in [4.69, 9.17) is 11.6 Å². The Hall–Kier alpha value is -1.79. The van der Waals surface area contributed by atoms with E-state index in [2.05, 4.69) is 34.0 Å². The van der Waals surface area contributed by atoms with Crippen LogP contribution >= 0.6 is 23.4 Å². The van der Waals surface area contributed by atoms with Crippen LogP contribution in [0.1, 0.15) is 49.0 Å². The van der Waals surface area contributed by atoms with Crippen molar-refractivity contribution in [1.29, 1.82) is 0 Å². The predicted molar refractivity (Wildman–Crippen MR) is 114 cm³/mol. The van der Waals surface area contributed by atoms with Crippen LogP contribution in [-0.2, 0) is 5.75 Å². The van der Waals surface area contributed by atoms with Crippen molar-refractivity contribution in [2.45, 2.75) is 44.0 Å². The van der Waals surface area contributed by atoms with Crippen LogP contribution in [0.15, 0.2) is 35.5 Å². The Kier molecular flexibility index (Phi) is 8.88. The van der Waals surface area contributed by atoms with Crippen molar-refractivity contribution in [3.05, 3.63) is 46.6 Å². The number of unbranched alkanes of at least 4 members (excludes halogenated alkanes) is 1. The first-order valence-corrected chi connectivity index (χ1v) is 10.7. The molecule has 0 aliphatic heterocycles. The maximum atomic E-state index is 12.0. The fourth-order valence-corrected chi connectivity index (χ4v) is 3.51. The highest BCUT2D eigenvalue weighted by Crippen LogP contribution is 2.24. The molecule has 0 saturated carbocycles. The third-order valence-corrected chi connectivity index (χ3v) is 5.12. The van der Waals surface area contributed by atoms with Crippen molar-refractivity contribution in [3.8, 4) is 0 Å². The van der Waals surface area contributed by atoms with Crippen molar-refractivity contribution in [2.75, 3.05) is 25.0 Å². The summed E-state index contributed by atoms with van der Waals surface area (Å²) in [5.74, 6) is 1.53. The third-order valence-electron chi connectivity index (χ3n) is 4.01. The van der Waals surface area contributed by atoms with Crippen LogP contribution in [0, 0.1) is 0 Å². The van der Waals surface area contributed by atoms with Gasteiger partial charge in [0.05, 0.1) is 0 Å². The molecular formula is C20H27ClN4OS. The number of benzene rings is 1. The molecule has 1 aromatic carbocycles. The number of nitrogens with one attached hydrogen (secondary N) is 1. The average Bonchev–Trinajstić information content (AvgIpc) is 2.66. The van der Waals surface area contributed by atoms with Gasteiger partial charge in [0.2, 0.25) is 0 Å². The standard InChI is InChI=1S/C20H27ClN4OS/c1-4-6-11-22-19(26)16-9-7-15(8-10-16)14-27-20-23-17(21)13-18(24-20)25(3)12-5-2/h7-10,13H,4-6,11-12,14H2,1-3H3,(H,22,26). The van der Waals surface area contributed by atoms with Gasteiger partial charge >= 0.3 is 0 Å². The smallest absolute Gasteiger partial charge is 0.251 e. The zero-order chi connectivity index (χ0) is 19.6. The zero-order valence-electron chi connectivity index (χ0n) is 16.2. The molecular weight excluding hydrogens is 380 g/mol. The first kappa shape index (κ1) is 21.5. The zero-order valence-corrected chi connectivity index (χ0v) is 17.7. The van der Waals surface area contributed by atoms with Gasteiger partial charge in [-0.3, -0.25) is 4.79 Å². The van der Waals surface area contributed by atoms with Gasteiger partial charge < -0.3 is 10.2 Å². The molecule has 0 bridgehead atoms. The lowest BCUT2D eigenvalue weighted by atomic mass is 10.1. The number of aromatic nitrogens is 2. The molecule has 5 nitrogen and oxygen atoms in total. The van der Waals surface area contributed by atoms with Crippen molar-refractivity contribution in [2.24, 2.45) is 0 Å². The normalized spacial score (nSPS) is 10.7. The number of nitrogens with zero attached hydrogens (tertiary/aromatic N) is 3. The molecule has 0 saturated heterocycles. The molecule has 146 valence electrons. The highest BCUT2D eigenvalue weighted by molar-refractivity contribution is 7.98. The van der Waals surface area contributed by atoms with Gasteiger partial charge in [0.25, 0.3) is 5.91 Å². The minimum atomic E-state index is -0.0237. The SMILES string of the molecule is CCCCNC(=O)c1ccc(CSc2nc(Cl)cc(N(C)CCC)n2)cc1. The number of hydrogen-bond donors (Lipinski definition) is 1. The van der Waals surface area contributed by atoms with Gasteiger partial charge in [-0.25, -0.2) is 9.97 Å². The molecule has 27 heavy (non-hydrogen) atoms. The molecule has 2 aromatic rings. The molecule has 0 radical (unpaired) electrons. The number of carbonyl (C=O) groups excluding carboxylic acids is 1. The number of rotatable bonds is 10. The summed E-state index contributed by atoms with van der Waals surface area (Å²) < 4.78 is 0. The number of anilines is 1. The molecule has 1 heterocycles. The maximum absolute atomic E-state index is 12.0. The molecule has 0 aliphatic rings. The Morgan fingerprint density at radius 2 is 1.93 bits per heavy atom. The van der Waals surface area contributed by atoms with Crippen LogP contribution in [0.2, 0.25) is 5.15 Å². The van der Waals surface area contributed by atoms with Gasteiger partial charge in [-0.15, -0.1) is 0 Å². The summed E-state index contributed by atoms with van der Waals surface area (Å²) in [7, 11) is 2.00. The summed E-state index contributed by atoms with van der Waals surface area (Å²) in [6, 6.07) is 9.44. The summed E-state index contributed by atoms with van der Waals surface area (Å²) in [6.45, 7) is 5.86. The quantitative estimate of drug-likeness (QED) is 0.266. The van der Waals surface area contributed by atoms with Crippen LogP contribution < -0.4 is 10.2 Å². The minimum absolute atomic E-state index is 0.0237. The summed E-state index contributed by atoms with van der Waals surface area (Å²) in [5.41, 5.74) is 1.79. The van der Waals surface area contributed by atoms with E-state index in [0.717, 1.165) is 42.9 Å². The Morgan fingerprint density at radius 3 is 2.59 bits per heavy atom. The van der Waals surface area contributed by atoms with E-state index in [1.165, 1.54) is 11.8 Å². The van der Waals surface area contributed by atoms with E-state index in [1.54, 1.807) is 6.07 Å². The van der Waals surface area contributed by atoms with Crippen LogP contribution in [-0.4, -0.2) is 36.0 Å². The van der Waals surface area contributed by atoms with E-state index in [-0.39, 0.29) is 5.91 Å². The summed E-state index contributed by atoms with van der Waals surface area (Å²) >= 11 is 7.68. The fraction of sp³-hybridized carbons (Fsp3) is 0.450. The number of thioether (sulfide) groups is 1. The van der Waals surface area contributed by atoms with Crippen molar-refractivity contribution in [3.63, 3.8) is 0 Å². The maximum Gasteiger partial charge on any atom is 0.251 e. The predicted octanol–water partition coefficient (Wildman–Crippen LogP) is 4.80. The van der Waals surface area contributed by atoms with Gasteiger partial charge in [-0.05, 0) is 30.5 Å². The van der Waals surface area contributed by atoms with Gasteiger partial charge in [0.15, 0.2) is 5.16 Å². The minimum Gasteiger partial charge on any atom is -0.360 e. The van der Waals surface area contributed by atoms with Crippen LogP contribution in [0.25, 0.3) is 0 Å². The second kappa shape index (κ2) is 11.1. The molecule has 0 atom stereocenters. The Morgan fingerprint density at radius 1 is 1.19 bits per heavy atom. The number of hydrogen-bond acceptors (Lipinski definition) is 5. The van der Waals surface area contributed by atoms with Crippen LogP contribution in [0.5, 0.6) is 0 Å². The van der Waals surface area contributed by atoms with Gasteiger partial charge in [-0.2, -0.15) is 0 Å². The van der Waals surface area contributed by atoms with Crippen LogP contribution in [0.3, 0.4) is 0 Å². The Balaban J connectivity index is 1.95. The highest BCUT2D eigenvalue weighted by atomic mass is 35.5. The first-order valence-electron chi connectivity index (χ1n) is 9.29. The Labute approximate surface area is 170 Å². The summed E-state index contributed by atoms with van der Waals surface area (Å²) in [6.07, 6.45) is 3.10. The average molecular weight is 407 g/mol. The molecule has 1 N–H and O–H groups in total. The topological polar surface area (TPSA) is 58.1 Å². The molecule has 2 rings (SSSR count). The van der Waals surface area contributed by atoms with E-state index in [9.17, 15) is 4.79 Å². The third kappa shape index (κ3) is 7.03. The molecule has 0 unspecified atom stereocenters. The number of carbonyl (C=O) groups is 1. The van der Waals surface area contributed by atoms with E-state index >= 15 is 0 Å². The summed E-state index contributed by atoms with van der Waals surface area (Å²) in [4.78, 5) is 23.0. The lowest BCUT2D eigenvalue weighted by molar-refractivity contribution is 0.0953. The number of halogens is 1. The molecule has 0 spiro atoms. The van der Waals surface area contributed by atoms with Crippen molar-refractivity contribution < 1.29 is 4.79 Å². The van der Waals surface area contributed by atoms with Crippen LogP contribution in [0.4, 0.5) is 5.82 Å². The highest BCUT2D eigenvalue weighted by Gasteiger charge is 2.09. The second-order valence-corrected chi connectivity index (χ2v) is 7.68. The van der Waals surface area contributed by atoms with E-state index < -0.39 is 0 Å². The number of amides is 1. The van der Waals surface area contributed by atoms with E-state index in [1.807, 2.05) is 31.3 Å².